The molecular formula is C14H16BrNO3. The van der Waals surface area contributed by atoms with Crippen molar-refractivity contribution < 1.29 is 14.7 Å². The Hall–Kier alpha value is -1.36. The van der Waals surface area contributed by atoms with Crippen LogP contribution in [-0.4, -0.2) is 27.9 Å². The lowest BCUT2D eigenvalue weighted by Gasteiger charge is -2.25. The fourth-order valence-electron chi connectivity index (χ4n) is 2.36. The minimum Gasteiger partial charge on any atom is -0.480 e. The molecule has 102 valence electrons. The van der Waals surface area contributed by atoms with E-state index < -0.39 is 12.0 Å². The van der Waals surface area contributed by atoms with Gasteiger partial charge < -0.3 is 10.0 Å². The van der Waals surface area contributed by atoms with E-state index in [9.17, 15) is 14.7 Å². The number of fused-ring (bicyclic) bond motifs is 1. The SMILES string of the molecule is CC(C)CC(C(=O)O)N1Cc2ccc(Br)cc2C1=O. The predicted octanol–water partition coefficient (Wildman–Crippen LogP) is 2.90. The Bertz CT molecular complexity index is 527. The number of carboxylic acids is 1. The molecule has 0 aliphatic carbocycles. The van der Waals surface area contributed by atoms with Crippen molar-refractivity contribution in [3.05, 3.63) is 33.8 Å². The van der Waals surface area contributed by atoms with Gasteiger partial charge in [0.25, 0.3) is 5.91 Å². The quantitative estimate of drug-likeness (QED) is 0.925. The van der Waals surface area contributed by atoms with Gasteiger partial charge in [0.15, 0.2) is 0 Å². The number of carbonyl (C=O) groups is 2. The molecule has 0 aromatic heterocycles. The molecule has 1 aromatic rings. The Morgan fingerprint density at radius 2 is 2.16 bits per heavy atom. The van der Waals surface area contributed by atoms with Gasteiger partial charge >= 0.3 is 5.97 Å². The van der Waals surface area contributed by atoms with Crippen molar-refractivity contribution in [2.45, 2.75) is 32.9 Å². The van der Waals surface area contributed by atoms with Gasteiger partial charge in [0.2, 0.25) is 0 Å². The molecule has 2 rings (SSSR count). The van der Waals surface area contributed by atoms with Crippen LogP contribution in [0.15, 0.2) is 22.7 Å². The summed E-state index contributed by atoms with van der Waals surface area (Å²) >= 11 is 3.33. The van der Waals surface area contributed by atoms with Crippen LogP contribution in [0.4, 0.5) is 0 Å². The van der Waals surface area contributed by atoms with Crippen LogP contribution in [0.1, 0.15) is 36.2 Å². The molecule has 1 aliphatic rings. The second-order valence-electron chi connectivity index (χ2n) is 5.22. The summed E-state index contributed by atoms with van der Waals surface area (Å²) in [7, 11) is 0. The Labute approximate surface area is 120 Å². The highest BCUT2D eigenvalue weighted by atomic mass is 79.9. The highest BCUT2D eigenvalue weighted by molar-refractivity contribution is 9.10. The van der Waals surface area contributed by atoms with E-state index in [1.807, 2.05) is 26.0 Å². The Balaban J connectivity index is 2.29. The zero-order chi connectivity index (χ0) is 14.2. The van der Waals surface area contributed by atoms with Crippen molar-refractivity contribution in [1.29, 1.82) is 0 Å². The van der Waals surface area contributed by atoms with E-state index in [0.29, 0.717) is 18.5 Å². The van der Waals surface area contributed by atoms with Crippen molar-refractivity contribution in [1.82, 2.24) is 4.90 Å². The maximum Gasteiger partial charge on any atom is 0.326 e. The van der Waals surface area contributed by atoms with Crippen LogP contribution in [0, 0.1) is 5.92 Å². The number of carboxylic acid groups (broad SMARTS) is 1. The monoisotopic (exact) mass is 325 g/mol. The average Bonchev–Trinajstić information content (AvgIpc) is 2.63. The van der Waals surface area contributed by atoms with E-state index in [-0.39, 0.29) is 11.8 Å². The number of hydrogen-bond donors (Lipinski definition) is 1. The van der Waals surface area contributed by atoms with Gasteiger partial charge in [-0.15, -0.1) is 0 Å². The topological polar surface area (TPSA) is 57.6 Å². The summed E-state index contributed by atoms with van der Waals surface area (Å²) in [6, 6.07) is 4.74. The van der Waals surface area contributed by atoms with Gasteiger partial charge in [0, 0.05) is 16.6 Å². The standard InChI is InChI=1S/C14H16BrNO3/c1-8(2)5-12(14(18)19)16-7-9-3-4-10(15)6-11(9)13(16)17/h3-4,6,8,12H,5,7H2,1-2H3,(H,18,19). The second kappa shape index (κ2) is 5.33. The summed E-state index contributed by atoms with van der Waals surface area (Å²) in [6.45, 7) is 4.30. The first-order chi connectivity index (χ1) is 8.90. The largest absolute Gasteiger partial charge is 0.480 e. The molecule has 1 aliphatic heterocycles. The number of carbonyl (C=O) groups excluding carboxylic acids is 1. The highest BCUT2D eigenvalue weighted by Crippen LogP contribution is 2.29. The van der Waals surface area contributed by atoms with Gasteiger partial charge in [-0.05, 0) is 30.0 Å². The predicted molar refractivity (Wildman–Crippen MR) is 74.9 cm³/mol. The molecule has 0 bridgehead atoms. The molecule has 1 amide bonds. The molecule has 0 spiro atoms. The molecule has 1 aromatic carbocycles. The van der Waals surface area contributed by atoms with Crippen LogP contribution >= 0.6 is 15.9 Å². The lowest BCUT2D eigenvalue weighted by atomic mass is 10.0. The molecule has 0 radical (unpaired) electrons. The van der Waals surface area contributed by atoms with E-state index in [4.69, 9.17) is 0 Å². The van der Waals surface area contributed by atoms with Gasteiger partial charge in [0.05, 0.1) is 0 Å². The van der Waals surface area contributed by atoms with Gasteiger partial charge in [-0.25, -0.2) is 4.79 Å². The molecule has 0 saturated heterocycles. The molecule has 1 heterocycles. The van der Waals surface area contributed by atoms with E-state index >= 15 is 0 Å². The van der Waals surface area contributed by atoms with E-state index in [1.165, 1.54) is 4.90 Å². The lowest BCUT2D eigenvalue weighted by Crippen LogP contribution is -2.42. The molecule has 1 N–H and O–H groups in total. The molecule has 5 heteroatoms. The van der Waals surface area contributed by atoms with E-state index in [0.717, 1.165) is 10.0 Å². The van der Waals surface area contributed by atoms with Crippen molar-refractivity contribution in [3.8, 4) is 0 Å². The molecule has 0 fully saturated rings. The van der Waals surface area contributed by atoms with Gasteiger partial charge in [0.1, 0.15) is 6.04 Å². The molecule has 1 unspecified atom stereocenters. The van der Waals surface area contributed by atoms with E-state index in [2.05, 4.69) is 15.9 Å². The Morgan fingerprint density at radius 3 is 2.74 bits per heavy atom. The third-order valence-electron chi connectivity index (χ3n) is 3.26. The van der Waals surface area contributed by atoms with E-state index in [1.54, 1.807) is 6.07 Å². The number of amides is 1. The van der Waals surface area contributed by atoms with Crippen LogP contribution in [0.5, 0.6) is 0 Å². The molecule has 4 nitrogen and oxygen atoms in total. The number of nitrogens with zero attached hydrogens (tertiary/aromatic N) is 1. The average molecular weight is 326 g/mol. The number of aliphatic carboxylic acids is 1. The fraction of sp³-hybridized carbons (Fsp3) is 0.429. The van der Waals surface area contributed by atoms with Crippen LogP contribution in [0.3, 0.4) is 0 Å². The Kier molecular flexibility index (Phi) is 3.94. The van der Waals surface area contributed by atoms with Crippen LogP contribution in [0.2, 0.25) is 0 Å². The van der Waals surface area contributed by atoms with Crippen LogP contribution in [0.25, 0.3) is 0 Å². The summed E-state index contributed by atoms with van der Waals surface area (Å²) in [6.07, 6.45) is 0.468. The Morgan fingerprint density at radius 1 is 1.47 bits per heavy atom. The number of halogens is 1. The summed E-state index contributed by atoms with van der Waals surface area (Å²) in [5.74, 6) is -0.900. The summed E-state index contributed by atoms with van der Waals surface area (Å²) in [5.41, 5.74) is 1.49. The number of benzene rings is 1. The maximum absolute atomic E-state index is 12.3. The third-order valence-corrected chi connectivity index (χ3v) is 3.75. The number of rotatable bonds is 4. The zero-order valence-corrected chi connectivity index (χ0v) is 12.5. The first-order valence-corrected chi connectivity index (χ1v) is 7.01. The summed E-state index contributed by atoms with van der Waals surface area (Å²) in [4.78, 5) is 25.2. The fourth-order valence-corrected chi connectivity index (χ4v) is 2.72. The molecule has 0 saturated carbocycles. The van der Waals surface area contributed by atoms with Crippen molar-refractivity contribution >= 4 is 27.8 Å². The van der Waals surface area contributed by atoms with Crippen molar-refractivity contribution in [2.75, 3.05) is 0 Å². The minimum atomic E-state index is -0.936. The highest BCUT2D eigenvalue weighted by Gasteiger charge is 2.36. The van der Waals surface area contributed by atoms with Crippen molar-refractivity contribution in [3.63, 3.8) is 0 Å². The third kappa shape index (κ3) is 2.81. The molecule has 19 heavy (non-hydrogen) atoms. The normalized spacial score (nSPS) is 15.8. The lowest BCUT2D eigenvalue weighted by molar-refractivity contribution is -0.143. The van der Waals surface area contributed by atoms with Gasteiger partial charge in [-0.1, -0.05) is 35.8 Å². The zero-order valence-electron chi connectivity index (χ0n) is 10.9. The molecular weight excluding hydrogens is 310 g/mol. The summed E-state index contributed by atoms with van der Waals surface area (Å²) in [5, 5.41) is 9.33. The maximum atomic E-state index is 12.3. The van der Waals surface area contributed by atoms with Gasteiger partial charge in [-0.2, -0.15) is 0 Å². The van der Waals surface area contributed by atoms with Crippen molar-refractivity contribution in [2.24, 2.45) is 5.92 Å². The first kappa shape index (κ1) is 14.1. The minimum absolute atomic E-state index is 0.190. The molecule has 1 atom stereocenters. The van der Waals surface area contributed by atoms with Gasteiger partial charge in [-0.3, -0.25) is 4.79 Å². The smallest absolute Gasteiger partial charge is 0.326 e. The van der Waals surface area contributed by atoms with Crippen LogP contribution < -0.4 is 0 Å². The first-order valence-electron chi connectivity index (χ1n) is 6.22. The van der Waals surface area contributed by atoms with Crippen LogP contribution in [-0.2, 0) is 11.3 Å². The number of hydrogen-bond acceptors (Lipinski definition) is 2. The second-order valence-corrected chi connectivity index (χ2v) is 6.13. The summed E-state index contributed by atoms with van der Waals surface area (Å²) < 4.78 is 0.831.